The molecule has 1 aromatic carbocycles. The van der Waals surface area contributed by atoms with Gasteiger partial charge < -0.3 is 10.3 Å². The SMILES string of the molecule is Cc1ccn(CCS(=O)(=O)c2cccc(CN)c2)c(=O)c1. The van der Waals surface area contributed by atoms with Crippen LogP contribution in [0, 0.1) is 6.92 Å². The van der Waals surface area contributed by atoms with Gasteiger partial charge in [0.25, 0.3) is 5.56 Å². The fourth-order valence-corrected chi connectivity index (χ4v) is 3.28. The molecule has 0 aliphatic heterocycles. The number of sulfone groups is 1. The molecule has 0 spiro atoms. The van der Waals surface area contributed by atoms with Crippen LogP contribution in [-0.4, -0.2) is 18.7 Å². The summed E-state index contributed by atoms with van der Waals surface area (Å²) in [5.41, 5.74) is 6.95. The zero-order chi connectivity index (χ0) is 15.5. The van der Waals surface area contributed by atoms with E-state index in [2.05, 4.69) is 0 Å². The Morgan fingerprint density at radius 1 is 1.19 bits per heavy atom. The summed E-state index contributed by atoms with van der Waals surface area (Å²) in [5, 5.41) is 0. The number of nitrogens with zero attached hydrogens (tertiary/aromatic N) is 1. The largest absolute Gasteiger partial charge is 0.326 e. The van der Waals surface area contributed by atoms with Crippen molar-refractivity contribution in [2.45, 2.75) is 24.9 Å². The van der Waals surface area contributed by atoms with Crippen molar-refractivity contribution < 1.29 is 8.42 Å². The Morgan fingerprint density at radius 2 is 1.95 bits per heavy atom. The number of nitrogens with two attached hydrogens (primary N) is 1. The predicted octanol–water partition coefficient (Wildman–Crippen LogP) is 1.09. The molecule has 0 saturated carbocycles. The number of aromatic nitrogens is 1. The lowest BCUT2D eigenvalue weighted by molar-refractivity contribution is 0.587. The van der Waals surface area contributed by atoms with Crippen molar-refractivity contribution in [3.8, 4) is 0 Å². The summed E-state index contributed by atoms with van der Waals surface area (Å²) in [6.07, 6.45) is 1.61. The number of rotatable bonds is 5. The lowest BCUT2D eigenvalue weighted by Gasteiger charge is -2.08. The lowest BCUT2D eigenvalue weighted by atomic mass is 10.2. The highest BCUT2D eigenvalue weighted by Crippen LogP contribution is 2.13. The van der Waals surface area contributed by atoms with E-state index in [1.54, 1.807) is 36.5 Å². The summed E-state index contributed by atoms with van der Waals surface area (Å²) >= 11 is 0. The van der Waals surface area contributed by atoms with Gasteiger partial charge in [0, 0.05) is 25.4 Å². The number of hydrogen-bond donors (Lipinski definition) is 1. The zero-order valence-corrected chi connectivity index (χ0v) is 12.6. The van der Waals surface area contributed by atoms with Gasteiger partial charge in [0.1, 0.15) is 0 Å². The maximum Gasteiger partial charge on any atom is 0.250 e. The highest BCUT2D eigenvalue weighted by atomic mass is 32.2. The molecule has 0 radical (unpaired) electrons. The van der Waals surface area contributed by atoms with Gasteiger partial charge in [-0.05, 0) is 36.2 Å². The smallest absolute Gasteiger partial charge is 0.250 e. The monoisotopic (exact) mass is 306 g/mol. The molecule has 0 aliphatic carbocycles. The van der Waals surface area contributed by atoms with Crippen molar-refractivity contribution in [1.29, 1.82) is 0 Å². The molecule has 2 rings (SSSR count). The second kappa shape index (κ2) is 6.24. The van der Waals surface area contributed by atoms with Gasteiger partial charge in [-0.2, -0.15) is 0 Å². The molecular formula is C15H18N2O3S. The van der Waals surface area contributed by atoms with Crippen molar-refractivity contribution in [3.05, 3.63) is 64.1 Å². The van der Waals surface area contributed by atoms with Crippen LogP contribution in [0.15, 0.2) is 52.3 Å². The van der Waals surface area contributed by atoms with Crippen LogP contribution < -0.4 is 11.3 Å². The average Bonchev–Trinajstić information content (AvgIpc) is 2.46. The minimum atomic E-state index is -3.43. The molecule has 5 nitrogen and oxygen atoms in total. The molecule has 21 heavy (non-hydrogen) atoms. The molecule has 0 fully saturated rings. The van der Waals surface area contributed by atoms with Crippen LogP contribution >= 0.6 is 0 Å². The summed E-state index contributed by atoms with van der Waals surface area (Å²) in [6, 6.07) is 9.85. The normalized spacial score (nSPS) is 11.5. The van der Waals surface area contributed by atoms with Gasteiger partial charge in [0.2, 0.25) is 0 Å². The standard InChI is InChI=1S/C15H18N2O3S/c1-12-5-6-17(15(18)9-12)7-8-21(19,20)14-4-2-3-13(10-14)11-16/h2-6,9-10H,7-8,11,16H2,1H3. The Labute approximate surface area is 124 Å². The van der Waals surface area contributed by atoms with Crippen molar-refractivity contribution in [1.82, 2.24) is 4.57 Å². The molecule has 1 heterocycles. The molecule has 2 aromatic rings. The highest BCUT2D eigenvalue weighted by Gasteiger charge is 2.15. The third-order valence-electron chi connectivity index (χ3n) is 3.25. The first-order chi connectivity index (χ1) is 9.92. The molecule has 0 atom stereocenters. The van der Waals surface area contributed by atoms with E-state index in [-0.39, 0.29) is 22.8 Å². The van der Waals surface area contributed by atoms with Crippen LogP contribution in [0.4, 0.5) is 0 Å². The van der Waals surface area contributed by atoms with Crippen molar-refractivity contribution in [2.24, 2.45) is 5.73 Å². The number of benzene rings is 1. The first-order valence-electron chi connectivity index (χ1n) is 6.61. The van der Waals surface area contributed by atoms with Crippen molar-refractivity contribution >= 4 is 9.84 Å². The minimum absolute atomic E-state index is 0.121. The van der Waals surface area contributed by atoms with Gasteiger partial charge in [0.05, 0.1) is 10.6 Å². The van der Waals surface area contributed by atoms with Crippen LogP contribution in [0.3, 0.4) is 0 Å². The van der Waals surface area contributed by atoms with Gasteiger partial charge in [-0.1, -0.05) is 12.1 Å². The first kappa shape index (κ1) is 15.5. The Morgan fingerprint density at radius 3 is 2.62 bits per heavy atom. The molecular weight excluding hydrogens is 288 g/mol. The maximum atomic E-state index is 12.3. The van der Waals surface area contributed by atoms with E-state index >= 15 is 0 Å². The topological polar surface area (TPSA) is 82.2 Å². The van der Waals surface area contributed by atoms with E-state index in [9.17, 15) is 13.2 Å². The van der Waals surface area contributed by atoms with E-state index in [1.165, 1.54) is 10.6 Å². The number of hydrogen-bond acceptors (Lipinski definition) is 4. The van der Waals surface area contributed by atoms with E-state index in [4.69, 9.17) is 5.73 Å². The van der Waals surface area contributed by atoms with E-state index < -0.39 is 9.84 Å². The lowest BCUT2D eigenvalue weighted by Crippen LogP contribution is -2.23. The molecule has 0 saturated heterocycles. The minimum Gasteiger partial charge on any atom is -0.326 e. The van der Waals surface area contributed by atoms with Gasteiger partial charge in [-0.3, -0.25) is 4.79 Å². The van der Waals surface area contributed by atoms with Gasteiger partial charge in [0.15, 0.2) is 9.84 Å². The summed E-state index contributed by atoms with van der Waals surface area (Å²) < 4.78 is 26.0. The van der Waals surface area contributed by atoms with Crippen molar-refractivity contribution in [2.75, 3.05) is 5.75 Å². The van der Waals surface area contributed by atoms with Crippen molar-refractivity contribution in [3.63, 3.8) is 0 Å². The summed E-state index contributed by atoms with van der Waals surface area (Å²) in [6.45, 7) is 2.25. The predicted molar refractivity (Wildman–Crippen MR) is 81.8 cm³/mol. The van der Waals surface area contributed by atoms with Crippen LogP contribution in [0.5, 0.6) is 0 Å². The highest BCUT2D eigenvalue weighted by molar-refractivity contribution is 7.91. The first-order valence-corrected chi connectivity index (χ1v) is 8.26. The third kappa shape index (κ3) is 3.80. The molecule has 0 amide bonds. The van der Waals surface area contributed by atoms with Crippen LogP contribution in [0.1, 0.15) is 11.1 Å². The third-order valence-corrected chi connectivity index (χ3v) is 4.94. The fraction of sp³-hybridized carbons (Fsp3) is 0.267. The second-order valence-electron chi connectivity index (χ2n) is 4.91. The summed E-state index contributed by atoms with van der Waals surface area (Å²) in [4.78, 5) is 12.0. The van der Waals surface area contributed by atoms with Gasteiger partial charge in [-0.15, -0.1) is 0 Å². The van der Waals surface area contributed by atoms with Crippen LogP contribution in [0.2, 0.25) is 0 Å². The van der Waals surface area contributed by atoms with Crippen LogP contribution in [0.25, 0.3) is 0 Å². The Hall–Kier alpha value is -1.92. The number of aryl methyl sites for hydroxylation is 2. The molecule has 0 bridgehead atoms. The average molecular weight is 306 g/mol. The Kier molecular flexibility index (Phi) is 4.59. The molecule has 1 aromatic heterocycles. The molecule has 6 heteroatoms. The van der Waals surface area contributed by atoms with Crippen LogP contribution in [-0.2, 0) is 22.9 Å². The van der Waals surface area contributed by atoms with Gasteiger partial charge in [-0.25, -0.2) is 8.42 Å². The molecule has 112 valence electrons. The van der Waals surface area contributed by atoms with E-state index in [1.807, 2.05) is 6.92 Å². The molecule has 2 N–H and O–H groups in total. The summed E-state index contributed by atoms with van der Waals surface area (Å²) in [5.74, 6) is -0.121. The molecule has 0 unspecified atom stereocenters. The van der Waals surface area contributed by atoms with Gasteiger partial charge >= 0.3 is 0 Å². The van der Waals surface area contributed by atoms with E-state index in [0.29, 0.717) is 6.54 Å². The van der Waals surface area contributed by atoms with E-state index in [0.717, 1.165) is 11.1 Å². The Balaban J connectivity index is 2.19. The zero-order valence-electron chi connectivity index (χ0n) is 11.8. The quantitative estimate of drug-likeness (QED) is 0.896. The fourth-order valence-electron chi connectivity index (χ4n) is 1.99. The summed E-state index contributed by atoms with van der Waals surface area (Å²) in [7, 11) is -3.43. The second-order valence-corrected chi connectivity index (χ2v) is 7.02. The number of pyridine rings is 1. The molecule has 0 aliphatic rings. The maximum absolute atomic E-state index is 12.3. The Bertz CT molecular complexity index is 795.